The Hall–Kier alpha value is -2.27. The molecule has 3 aromatic rings. The predicted molar refractivity (Wildman–Crippen MR) is 130 cm³/mol. The first kappa shape index (κ1) is 20.3. The molecule has 1 aromatic heterocycles. The van der Waals surface area contributed by atoms with Crippen LogP contribution in [0.2, 0.25) is 0 Å². The Morgan fingerprint density at radius 3 is 2.34 bits per heavy atom. The van der Waals surface area contributed by atoms with Crippen LogP contribution in [-0.4, -0.2) is 27.3 Å². The molecule has 4 aliphatic rings. The number of hydrogen-bond acceptors (Lipinski definition) is 3. The molecule has 1 N–H and O–H groups in total. The third-order valence-electron chi connectivity index (χ3n) is 8.26. The third kappa shape index (κ3) is 3.55. The molecule has 4 fully saturated rings. The number of aromatic nitrogens is 2. The Morgan fingerprint density at radius 1 is 1.03 bits per heavy atom. The number of amides is 1. The van der Waals surface area contributed by atoms with Crippen molar-refractivity contribution in [1.29, 1.82) is 0 Å². The van der Waals surface area contributed by atoms with E-state index in [1.165, 1.54) is 50.3 Å². The first-order chi connectivity index (χ1) is 15.6. The molecule has 1 atom stereocenters. The zero-order valence-corrected chi connectivity index (χ0v) is 19.5. The summed E-state index contributed by atoms with van der Waals surface area (Å²) in [6, 6.07) is 18.7. The molecule has 166 valence electrons. The topological polar surface area (TPSA) is 46.9 Å². The standard InChI is InChI=1S/C27H31N3OS/c1-18(27-14-19-11-20(15-27)13-21(12-19)16-27)28-25(31)17-32-26-29-23-9-5-6-10-24(23)30(26)22-7-3-2-4-8-22/h2-10,18-21H,11-17H2,1H3,(H,28,31)/t18-,19?,20?,21?,27?/m1/s1. The molecular weight excluding hydrogens is 414 g/mol. The number of hydrogen-bond donors (Lipinski definition) is 1. The summed E-state index contributed by atoms with van der Waals surface area (Å²) in [5, 5.41) is 4.27. The summed E-state index contributed by atoms with van der Waals surface area (Å²) in [4.78, 5) is 17.9. The zero-order chi connectivity index (χ0) is 21.7. The molecule has 1 heterocycles. The number of carbonyl (C=O) groups is 1. The van der Waals surface area contributed by atoms with Crippen molar-refractivity contribution in [2.24, 2.45) is 23.2 Å². The van der Waals surface area contributed by atoms with Crippen molar-refractivity contribution in [2.45, 2.75) is 56.6 Å². The minimum absolute atomic E-state index is 0.130. The van der Waals surface area contributed by atoms with Gasteiger partial charge in [0.2, 0.25) is 5.91 Å². The second-order valence-corrected chi connectivity index (χ2v) is 11.4. The lowest BCUT2D eigenvalue weighted by Gasteiger charge is -2.59. The minimum Gasteiger partial charge on any atom is -0.352 e. The van der Waals surface area contributed by atoms with E-state index in [9.17, 15) is 4.79 Å². The van der Waals surface area contributed by atoms with E-state index in [0.29, 0.717) is 11.2 Å². The van der Waals surface area contributed by atoms with E-state index < -0.39 is 0 Å². The molecule has 7 rings (SSSR count). The van der Waals surface area contributed by atoms with Gasteiger partial charge in [-0.1, -0.05) is 42.1 Å². The zero-order valence-electron chi connectivity index (χ0n) is 18.7. The Morgan fingerprint density at radius 2 is 1.66 bits per heavy atom. The van der Waals surface area contributed by atoms with Gasteiger partial charge in [0.05, 0.1) is 16.8 Å². The van der Waals surface area contributed by atoms with Gasteiger partial charge in [-0.05, 0) is 92.9 Å². The lowest BCUT2D eigenvalue weighted by Crippen LogP contribution is -2.56. The van der Waals surface area contributed by atoms with Crippen molar-refractivity contribution in [1.82, 2.24) is 14.9 Å². The first-order valence-corrected chi connectivity index (χ1v) is 13.0. The molecule has 4 aliphatic carbocycles. The van der Waals surface area contributed by atoms with Crippen molar-refractivity contribution in [3.63, 3.8) is 0 Å². The van der Waals surface area contributed by atoms with Crippen molar-refractivity contribution in [3.05, 3.63) is 54.6 Å². The second kappa shape index (κ2) is 7.95. The number of rotatable bonds is 6. The fraction of sp³-hybridized carbons (Fsp3) is 0.481. The van der Waals surface area contributed by atoms with Crippen LogP contribution in [0, 0.1) is 23.2 Å². The Labute approximate surface area is 194 Å². The van der Waals surface area contributed by atoms with Gasteiger partial charge in [-0.15, -0.1) is 0 Å². The van der Waals surface area contributed by atoms with Crippen molar-refractivity contribution < 1.29 is 4.79 Å². The van der Waals surface area contributed by atoms with E-state index in [4.69, 9.17) is 4.98 Å². The van der Waals surface area contributed by atoms with Crippen LogP contribution in [0.5, 0.6) is 0 Å². The Kier molecular flexibility index (Phi) is 5.05. The van der Waals surface area contributed by atoms with Crippen LogP contribution < -0.4 is 5.32 Å². The van der Waals surface area contributed by atoms with E-state index in [0.717, 1.165) is 39.6 Å². The molecule has 0 spiro atoms. The SMILES string of the molecule is C[C@@H](NC(=O)CSc1nc2ccccc2n1-c1ccccc1)C12CC3CC(CC(C3)C1)C2. The maximum Gasteiger partial charge on any atom is 0.230 e. The maximum absolute atomic E-state index is 13.0. The van der Waals surface area contributed by atoms with Gasteiger partial charge >= 0.3 is 0 Å². The molecule has 4 saturated carbocycles. The summed E-state index contributed by atoms with van der Waals surface area (Å²) in [6.45, 7) is 2.26. The molecule has 0 unspecified atom stereocenters. The number of nitrogens with zero attached hydrogens (tertiary/aromatic N) is 2. The predicted octanol–water partition coefficient (Wildman–Crippen LogP) is 5.84. The van der Waals surface area contributed by atoms with Gasteiger partial charge in [-0.2, -0.15) is 0 Å². The molecule has 0 aliphatic heterocycles. The molecule has 32 heavy (non-hydrogen) atoms. The highest BCUT2D eigenvalue weighted by Crippen LogP contribution is 2.61. The summed E-state index contributed by atoms with van der Waals surface area (Å²) >= 11 is 1.53. The fourth-order valence-corrected chi connectivity index (χ4v) is 8.04. The van der Waals surface area contributed by atoms with Crippen LogP contribution in [0.1, 0.15) is 45.4 Å². The quantitative estimate of drug-likeness (QED) is 0.485. The number of para-hydroxylation sites is 3. The molecule has 4 bridgehead atoms. The molecule has 1 amide bonds. The smallest absolute Gasteiger partial charge is 0.230 e. The summed E-state index contributed by atoms with van der Waals surface area (Å²) < 4.78 is 2.16. The number of fused-ring (bicyclic) bond motifs is 1. The maximum atomic E-state index is 13.0. The first-order valence-electron chi connectivity index (χ1n) is 12.0. The van der Waals surface area contributed by atoms with Crippen LogP contribution in [-0.2, 0) is 4.79 Å². The van der Waals surface area contributed by atoms with Crippen LogP contribution in [0.3, 0.4) is 0 Å². The van der Waals surface area contributed by atoms with E-state index in [1.54, 1.807) is 0 Å². The number of thioether (sulfide) groups is 1. The molecule has 0 saturated heterocycles. The molecule has 5 heteroatoms. The average Bonchev–Trinajstić information content (AvgIpc) is 3.16. The van der Waals surface area contributed by atoms with Gasteiger partial charge in [0.15, 0.2) is 5.16 Å². The van der Waals surface area contributed by atoms with Gasteiger partial charge in [0.1, 0.15) is 0 Å². The van der Waals surface area contributed by atoms with Gasteiger partial charge in [-0.25, -0.2) is 4.98 Å². The number of imidazole rings is 1. The van der Waals surface area contributed by atoms with Crippen LogP contribution in [0.25, 0.3) is 16.7 Å². The van der Waals surface area contributed by atoms with E-state index in [1.807, 2.05) is 36.4 Å². The van der Waals surface area contributed by atoms with E-state index in [-0.39, 0.29) is 11.9 Å². The van der Waals surface area contributed by atoms with Gasteiger partial charge < -0.3 is 5.32 Å². The van der Waals surface area contributed by atoms with Crippen molar-refractivity contribution in [2.75, 3.05) is 5.75 Å². The van der Waals surface area contributed by atoms with Crippen molar-refractivity contribution in [3.8, 4) is 5.69 Å². The third-order valence-corrected chi connectivity index (χ3v) is 9.20. The van der Waals surface area contributed by atoms with Gasteiger partial charge in [-0.3, -0.25) is 9.36 Å². The largest absolute Gasteiger partial charge is 0.352 e. The molecule has 4 nitrogen and oxygen atoms in total. The number of carbonyl (C=O) groups excluding carboxylic acids is 1. The Balaban J connectivity index is 1.18. The molecule has 0 radical (unpaired) electrons. The summed E-state index contributed by atoms with van der Waals surface area (Å²) in [6.07, 6.45) is 8.26. The Bertz CT molecular complexity index is 1100. The number of nitrogens with one attached hydrogen (secondary N) is 1. The lowest BCUT2D eigenvalue weighted by molar-refractivity contribution is -0.123. The van der Waals surface area contributed by atoms with Crippen LogP contribution >= 0.6 is 11.8 Å². The van der Waals surface area contributed by atoms with Crippen molar-refractivity contribution >= 4 is 28.7 Å². The monoisotopic (exact) mass is 445 g/mol. The highest BCUT2D eigenvalue weighted by atomic mass is 32.2. The van der Waals surface area contributed by atoms with Gasteiger partial charge in [0.25, 0.3) is 0 Å². The minimum atomic E-state index is 0.130. The molecular formula is C27H31N3OS. The highest BCUT2D eigenvalue weighted by molar-refractivity contribution is 7.99. The normalized spacial score (nSPS) is 29.3. The second-order valence-electron chi connectivity index (χ2n) is 10.4. The van der Waals surface area contributed by atoms with Gasteiger partial charge in [0, 0.05) is 11.7 Å². The van der Waals surface area contributed by atoms with E-state index >= 15 is 0 Å². The molecule has 2 aromatic carbocycles. The van der Waals surface area contributed by atoms with Crippen LogP contribution in [0.15, 0.2) is 59.8 Å². The fourth-order valence-electron chi connectivity index (χ4n) is 7.20. The average molecular weight is 446 g/mol. The number of benzene rings is 2. The summed E-state index contributed by atoms with van der Waals surface area (Å²) in [5.74, 6) is 3.24. The summed E-state index contributed by atoms with van der Waals surface area (Å²) in [5.41, 5.74) is 3.45. The summed E-state index contributed by atoms with van der Waals surface area (Å²) in [7, 11) is 0. The highest BCUT2D eigenvalue weighted by Gasteiger charge is 2.53. The van der Waals surface area contributed by atoms with Crippen LogP contribution in [0.4, 0.5) is 0 Å². The van der Waals surface area contributed by atoms with E-state index in [2.05, 4.69) is 35.0 Å². The lowest BCUT2D eigenvalue weighted by atomic mass is 9.48.